The van der Waals surface area contributed by atoms with E-state index in [1.54, 1.807) is 7.11 Å². The number of benzene rings is 1. The molecule has 3 rings (SSSR count). The van der Waals surface area contributed by atoms with E-state index in [0.717, 1.165) is 46.8 Å². The molecule has 1 aromatic carbocycles. The Balaban J connectivity index is 1.66. The smallest absolute Gasteiger partial charge is 0.338 e. The number of imide groups is 2. The second-order valence-electron chi connectivity index (χ2n) is 7.66. The van der Waals surface area contributed by atoms with Gasteiger partial charge in [0, 0.05) is 11.6 Å². The first-order valence-electron chi connectivity index (χ1n) is 9.55. The Hall–Kier alpha value is -2.41. The molecule has 1 heterocycles. The van der Waals surface area contributed by atoms with Crippen molar-refractivity contribution in [2.45, 2.75) is 45.2 Å². The van der Waals surface area contributed by atoms with E-state index in [0.29, 0.717) is 6.54 Å². The normalized spacial score (nSPS) is 24.5. The third-order valence-corrected chi connectivity index (χ3v) is 5.57. The molecule has 7 nitrogen and oxygen atoms in total. The highest BCUT2D eigenvalue weighted by Gasteiger charge is 2.50. The number of rotatable bonds is 6. The first-order valence-corrected chi connectivity index (χ1v) is 9.55. The highest BCUT2D eigenvalue weighted by Crippen LogP contribution is 2.30. The Labute approximate surface area is 159 Å². The van der Waals surface area contributed by atoms with Gasteiger partial charge >= 0.3 is 17.8 Å². The van der Waals surface area contributed by atoms with Crippen LogP contribution in [0.5, 0.6) is 5.75 Å². The molecule has 0 aromatic heterocycles. The van der Waals surface area contributed by atoms with E-state index in [-0.39, 0.29) is 18.6 Å². The highest BCUT2D eigenvalue weighted by molar-refractivity contribution is 6.44. The zero-order valence-electron chi connectivity index (χ0n) is 16.2. The Morgan fingerprint density at radius 2 is 1.74 bits per heavy atom. The van der Waals surface area contributed by atoms with Crippen LogP contribution in [0.3, 0.4) is 0 Å². The van der Waals surface area contributed by atoms with Crippen molar-refractivity contribution < 1.29 is 24.0 Å². The van der Waals surface area contributed by atoms with Crippen LogP contribution in [-0.4, -0.2) is 54.5 Å². The fraction of sp³-hybridized carbons (Fsp3) is 0.550. The average Bonchev–Trinajstić information content (AvgIpc) is 2.86. The molecule has 1 saturated carbocycles. The van der Waals surface area contributed by atoms with Crippen LogP contribution in [0.2, 0.25) is 0 Å². The van der Waals surface area contributed by atoms with E-state index in [1.165, 1.54) is 4.90 Å². The van der Waals surface area contributed by atoms with E-state index in [9.17, 15) is 14.4 Å². The second-order valence-corrected chi connectivity index (χ2v) is 7.66. The maximum atomic E-state index is 12.8. The summed E-state index contributed by atoms with van der Waals surface area (Å²) in [5.41, 5.74) is 1.07. The lowest BCUT2D eigenvalue weighted by Gasteiger charge is -2.34. The zero-order valence-corrected chi connectivity index (χ0v) is 16.2. The van der Waals surface area contributed by atoms with Gasteiger partial charge < -0.3 is 9.64 Å². The molecule has 4 amide bonds. The molecule has 2 fully saturated rings. The quantitative estimate of drug-likeness (QED) is 0.597. The Morgan fingerprint density at radius 3 is 2.37 bits per heavy atom. The Morgan fingerprint density at radius 1 is 1.07 bits per heavy atom. The lowest BCUT2D eigenvalue weighted by Crippen LogP contribution is -3.09. The van der Waals surface area contributed by atoms with E-state index < -0.39 is 17.8 Å². The number of nitrogens with zero attached hydrogens (tertiary/aromatic N) is 2. The molecule has 1 N–H and O–H groups in total. The second kappa shape index (κ2) is 8.08. The number of hydrogen-bond acceptors (Lipinski definition) is 4. The summed E-state index contributed by atoms with van der Waals surface area (Å²) in [6.07, 6.45) is 3.87. The molecule has 7 heteroatoms. The molecule has 27 heavy (non-hydrogen) atoms. The summed E-state index contributed by atoms with van der Waals surface area (Å²) in [5, 5.41) is 0. The Kier molecular flexibility index (Phi) is 5.79. The molecular formula is C20H28N3O4+. The fourth-order valence-corrected chi connectivity index (χ4v) is 4.05. The SMILES string of the molecule is COc1ccc(C[NH+](C)CN2C(=O)C(=O)N([C@H]3CCCC[C@H]3C)C2=O)cc1. The number of ether oxygens (including phenoxy) is 1. The van der Waals surface area contributed by atoms with Gasteiger partial charge in [-0.2, -0.15) is 0 Å². The van der Waals surface area contributed by atoms with Gasteiger partial charge in [-0.3, -0.25) is 14.5 Å². The van der Waals surface area contributed by atoms with Gasteiger partial charge in [-0.1, -0.05) is 19.8 Å². The van der Waals surface area contributed by atoms with Gasteiger partial charge in [0.05, 0.1) is 14.2 Å². The highest BCUT2D eigenvalue weighted by atomic mass is 16.5. The molecule has 2 aliphatic rings. The third-order valence-electron chi connectivity index (χ3n) is 5.57. The van der Waals surface area contributed by atoms with Crippen LogP contribution in [0.4, 0.5) is 4.79 Å². The summed E-state index contributed by atoms with van der Waals surface area (Å²) in [6, 6.07) is 7.05. The maximum Gasteiger partial charge on any atom is 0.338 e. The average molecular weight is 374 g/mol. The molecule has 1 aliphatic heterocycles. The van der Waals surface area contributed by atoms with Crippen LogP contribution in [0, 0.1) is 5.92 Å². The number of amides is 4. The summed E-state index contributed by atoms with van der Waals surface area (Å²) >= 11 is 0. The van der Waals surface area contributed by atoms with Crippen molar-refractivity contribution in [1.82, 2.24) is 9.80 Å². The summed E-state index contributed by atoms with van der Waals surface area (Å²) in [4.78, 5) is 41.0. The van der Waals surface area contributed by atoms with Crippen LogP contribution in [0.25, 0.3) is 0 Å². The molecule has 1 aliphatic carbocycles. The lowest BCUT2D eigenvalue weighted by molar-refractivity contribution is -0.901. The van der Waals surface area contributed by atoms with Gasteiger partial charge in [0.25, 0.3) is 0 Å². The largest absolute Gasteiger partial charge is 0.497 e. The number of nitrogens with one attached hydrogen (secondary N) is 1. The first kappa shape index (κ1) is 19.4. The van der Waals surface area contributed by atoms with E-state index in [4.69, 9.17) is 4.74 Å². The van der Waals surface area contributed by atoms with Gasteiger partial charge in [-0.05, 0) is 43.0 Å². The molecule has 0 bridgehead atoms. The zero-order chi connectivity index (χ0) is 19.6. The lowest BCUT2D eigenvalue weighted by atomic mass is 9.85. The summed E-state index contributed by atoms with van der Waals surface area (Å²) in [7, 11) is 3.52. The number of methoxy groups -OCH3 is 1. The van der Waals surface area contributed by atoms with Gasteiger partial charge in [0.2, 0.25) is 0 Å². The van der Waals surface area contributed by atoms with Crippen LogP contribution < -0.4 is 9.64 Å². The van der Waals surface area contributed by atoms with Crippen molar-refractivity contribution in [3.63, 3.8) is 0 Å². The maximum absolute atomic E-state index is 12.8. The van der Waals surface area contributed by atoms with Crippen molar-refractivity contribution in [2.75, 3.05) is 20.8 Å². The van der Waals surface area contributed by atoms with Crippen molar-refractivity contribution in [3.05, 3.63) is 29.8 Å². The first-order chi connectivity index (χ1) is 12.9. The number of urea groups is 1. The summed E-state index contributed by atoms with van der Waals surface area (Å²) < 4.78 is 5.15. The van der Waals surface area contributed by atoms with E-state index in [2.05, 4.69) is 6.92 Å². The fourth-order valence-electron chi connectivity index (χ4n) is 4.05. The van der Waals surface area contributed by atoms with Crippen LogP contribution in [-0.2, 0) is 16.1 Å². The molecule has 146 valence electrons. The van der Waals surface area contributed by atoms with Crippen LogP contribution >= 0.6 is 0 Å². The number of carbonyl (C=O) groups is 3. The number of carbonyl (C=O) groups excluding carboxylic acids is 3. The predicted octanol–water partition coefficient (Wildman–Crippen LogP) is 1.04. The van der Waals surface area contributed by atoms with Crippen molar-refractivity contribution >= 4 is 17.8 Å². The minimum absolute atomic E-state index is 0.158. The third kappa shape index (κ3) is 3.98. The van der Waals surface area contributed by atoms with E-state index in [1.807, 2.05) is 31.3 Å². The monoisotopic (exact) mass is 374 g/mol. The van der Waals surface area contributed by atoms with Crippen LogP contribution in [0.15, 0.2) is 24.3 Å². The summed E-state index contributed by atoms with van der Waals surface area (Å²) in [6.45, 7) is 2.86. The van der Waals surface area contributed by atoms with Gasteiger partial charge in [0.1, 0.15) is 12.3 Å². The van der Waals surface area contributed by atoms with Gasteiger partial charge in [-0.25, -0.2) is 9.69 Å². The van der Waals surface area contributed by atoms with Crippen molar-refractivity contribution in [2.24, 2.45) is 5.92 Å². The minimum Gasteiger partial charge on any atom is -0.497 e. The Bertz CT molecular complexity index is 718. The topological polar surface area (TPSA) is 71.4 Å². The van der Waals surface area contributed by atoms with Gasteiger partial charge in [0.15, 0.2) is 6.67 Å². The van der Waals surface area contributed by atoms with Crippen molar-refractivity contribution in [1.29, 1.82) is 0 Å². The minimum atomic E-state index is -0.702. The molecule has 1 aromatic rings. The molecule has 0 radical (unpaired) electrons. The van der Waals surface area contributed by atoms with E-state index >= 15 is 0 Å². The number of quaternary nitrogens is 1. The van der Waals surface area contributed by atoms with Crippen LogP contribution in [0.1, 0.15) is 38.2 Å². The molecule has 1 saturated heterocycles. The molecule has 0 spiro atoms. The summed E-state index contributed by atoms with van der Waals surface area (Å²) in [5.74, 6) is -0.351. The van der Waals surface area contributed by atoms with Crippen molar-refractivity contribution in [3.8, 4) is 5.75 Å². The number of hydrogen-bond donors (Lipinski definition) is 1. The molecular weight excluding hydrogens is 346 g/mol. The standard InChI is InChI=1S/C20H27N3O4/c1-14-6-4-5-7-17(14)23-19(25)18(24)22(20(23)26)13-21(2)12-15-8-10-16(27-3)11-9-15/h8-11,14,17H,4-7,12-13H2,1-3H3/p+1/t14-,17+/m1/s1. The molecule has 3 atom stereocenters. The predicted molar refractivity (Wildman–Crippen MR) is 99.0 cm³/mol. The van der Waals surface area contributed by atoms with Gasteiger partial charge in [-0.15, -0.1) is 0 Å². The molecule has 1 unspecified atom stereocenters.